The molecule has 4 heterocycles. The van der Waals surface area contributed by atoms with E-state index in [0.29, 0.717) is 25.4 Å². The summed E-state index contributed by atoms with van der Waals surface area (Å²) in [6.07, 6.45) is 2.68. The van der Waals surface area contributed by atoms with Crippen molar-refractivity contribution in [2.45, 2.75) is 6.92 Å². The molecular weight excluding hydrogens is 211 g/mol. The summed E-state index contributed by atoms with van der Waals surface area (Å²) in [6.45, 7) is 1.87. The van der Waals surface area contributed by atoms with Crippen LogP contribution in [0, 0.1) is 5.41 Å². The predicted molar refractivity (Wildman–Crippen MR) is 56.2 cm³/mol. The Morgan fingerprint density at radius 1 is 1.38 bits per heavy atom. The molecule has 3 aliphatic rings. The van der Waals surface area contributed by atoms with Crippen LogP contribution in [0.15, 0.2) is 17.2 Å². The molecular formula is C9H12BN2O4-. The lowest BCUT2D eigenvalue weighted by Crippen LogP contribution is -2.69. The highest BCUT2D eigenvalue weighted by Crippen LogP contribution is 2.34. The molecule has 3 saturated heterocycles. The van der Waals surface area contributed by atoms with E-state index in [1.807, 2.05) is 6.92 Å². The minimum absolute atomic E-state index is 0.0638. The SMILES string of the molecule is CC12CO[B-](c3c[nH]c(=O)cn3)(OC1)OC2. The van der Waals surface area contributed by atoms with Crippen LogP contribution in [-0.2, 0) is 14.0 Å². The van der Waals surface area contributed by atoms with Gasteiger partial charge in [-0.2, -0.15) is 0 Å². The second-order valence-electron chi connectivity index (χ2n) is 4.72. The van der Waals surface area contributed by atoms with E-state index in [-0.39, 0.29) is 11.0 Å². The third-order valence-electron chi connectivity index (χ3n) is 3.01. The Balaban J connectivity index is 1.95. The molecule has 16 heavy (non-hydrogen) atoms. The molecule has 1 aromatic heterocycles. The summed E-state index contributed by atoms with van der Waals surface area (Å²) in [4.78, 5) is 17.5. The van der Waals surface area contributed by atoms with E-state index in [2.05, 4.69) is 9.97 Å². The van der Waals surface area contributed by atoms with Crippen LogP contribution in [0.4, 0.5) is 0 Å². The summed E-state index contributed by atoms with van der Waals surface area (Å²) in [5.41, 5.74) is 0.180. The molecule has 0 aromatic carbocycles. The van der Waals surface area contributed by atoms with E-state index in [9.17, 15) is 4.79 Å². The molecule has 86 valence electrons. The van der Waals surface area contributed by atoms with Gasteiger partial charge in [-0.3, -0.25) is 9.78 Å². The highest BCUT2D eigenvalue weighted by atomic mass is 16.8. The fourth-order valence-corrected chi connectivity index (χ4v) is 2.00. The van der Waals surface area contributed by atoms with Crippen molar-refractivity contribution in [2.24, 2.45) is 5.41 Å². The Morgan fingerprint density at radius 3 is 2.50 bits per heavy atom. The van der Waals surface area contributed by atoms with E-state index >= 15 is 0 Å². The Bertz CT molecular complexity index is 430. The molecule has 0 radical (unpaired) electrons. The lowest BCUT2D eigenvalue weighted by molar-refractivity contribution is -0.119. The summed E-state index contributed by atoms with van der Waals surface area (Å²) in [7, 11) is 0. The Kier molecular flexibility index (Phi) is 1.98. The number of rotatable bonds is 1. The number of aromatic amines is 1. The third-order valence-corrected chi connectivity index (χ3v) is 3.01. The normalized spacial score (nSPS) is 37.6. The largest absolute Gasteiger partial charge is 0.539 e. The van der Waals surface area contributed by atoms with E-state index in [0.717, 1.165) is 0 Å². The van der Waals surface area contributed by atoms with Gasteiger partial charge in [0.15, 0.2) is 0 Å². The summed E-state index contributed by atoms with van der Waals surface area (Å²) >= 11 is 0. The van der Waals surface area contributed by atoms with Gasteiger partial charge in [0.1, 0.15) is 0 Å². The average Bonchev–Trinajstić information content (AvgIpc) is 2.31. The monoisotopic (exact) mass is 223 g/mol. The van der Waals surface area contributed by atoms with Crippen molar-refractivity contribution in [3.05, 3.63) is 22.7 Å². The van der Waals surface area contributed by atoms with Gasteiger partial charge in [-0.25, -0.2) is 0 Å². The molecule has 3 aliphatic heterocycles. The second kappa shape index (κ2) is 3.16. The highest BCUT2D eigenvalue weighted by Gasteiger charge is 2.47. The Morgan fingerprint density at radius 2 is 2.00 bits per heavy atom. The number of H-pyrrole nitrogens is 1. The summed E-state index contributed by atoms with van der Waals surface area (Å²) in [5, 5.41) is 0. The fraction of sp³-hybridized carbons (Fsp3) is 0.556. The van der Waals surface area contributed by atoms with E-state index in [1.54, 1.807) is 0 Å². The first-order valence-corrected chi connectivity index (χ1v) is 5.22. The topological polar surface area (TPSA) is 73.4 Å². The lowest BCUT2D eigenvalue weighted by atomic mass is 9.68. The molecule has 1 aromatic rings. The van der Waals surface area contributed by atoms with Gasteiger partial charge in [-0.15, -0.1) is 0 Å². The van der Waals surface area contributed by atoms with Gasteiger partial charge < -0.3 is 18.9 Å². The van der Waals surface area contributed by atoms with Crippen LogP contribution in [0.2, 0.25) is 0 Å². The van der Waals surface area contributed by atoms with Gasteiger partial charge in [0, 0.05) is 25.2 Å². The standard InChI is InChI=1S/C9H12BN2O4/c1-9-4-14-10(15-5-9,16-6-9)7-2-12-8(13)3-11-7/h2-3H,4-6H2,1H3,(H,12,13)/q-1. The first-order valence-electron chi connectivity index (χ1n) is 5.22. The molecule has 2 bridgehead atoms. The first kappa shape index (κ1) is 10.0. The molecule has 0 amide bonds. The molecule has 0 atom stereocenters. The first-order chi connectivity index (χ1) is 7.62. The minimum Gasteiger partial charge on any atom is -0.539 e. The van der Waals surface area contributed by atoms with Crippen molar-refractivity contribution in [3.63, 3.8) is 0 Å². The average molecular weight is 223 g/mol. The smallest absolute Gasteiger partial charge is 0.429 e. The van der Waals surface area contributed by atoms with Crippen LogP contribution in [-0.4, -0.2) is 36.5 Å². The van der Waals surface area contributed by atoms with Gasteiger partial charge in [0.05, 0.1) is 6.20 Å². The summed E-state index contributed by atoms with van der Waals surface area (Å²) < 4.78 is 16.9. The van der Waals surface area contributed by atoms with Crippen molar-refractivity contribution in [3.8, 4) is 0 Å². The van der Waals surface area contributed by atoms with Gasteiger partial charge in [-0.05, 0) is 11.8 Å². The van der Waals surface area contributed by atoms with Crippen LogP contribution in [0.3, 0.4) is 0 Å². The number of hydrogen-bond donors (Lipinski definition) is 1. The van der Waals surface area contributed by atoms with Crippen molar-refractivity contribution in [2.75, 3.05) is 19.8 Å². The maximum atomic E-state index is 10.9. The van der Waals surface area contributed by atoms with Crippen molar-refractivity contribution >= 4 is 12.3 Å². The number of nitrogens with one attached hydrogen (secondary N) is 1. The van der Waals surface area contributed by atoms with Crippen molar-refractivity contribution in [1.82, 2.24) is 9.97 Å². The van der Waals surface area contributed by atoms with Crippen LogP contribution in [0.25, 0.3) is 0 Å². The number of aromatic nitrogens is 2. The molecule has 0 aliphatic carbocycles. The highest BCUT2D eigenvalue weighted by molar-refractivity contribution is 6.74. The van der Waals surface area contributed by atoms with Gasteiger partial charge >= 0.3 is 6.75 Å². The predicted octanol–water partition coefficient (Wildman–Crippen LogP) is -1.00. The number of nitrogens with zero attached hydrogens (tertiary/aromatic N) is 1. The molecule has 4 rings (SSSR count). The van der Waals surface area contributed by atoms with E-state index in [4.69, 9.17) is 14.0 Å². The van der Waals surface area contributed by atoms with Crippen LogP contribution in [0.5, 0.6) is 0 Å². The zero-order chi connectivity index (χ0) is 11.2. The van der Waals surface area contributed by atoms with Crippen LogP contribution < -0.4 is 11.2 Å². The molecule has 0 saturated carbocycles. The Labute approximate surface area is 91.9 Å². The number of hydrogen-bond acceptors (Lipinski definition) is 5. The van der Waals surface area contributed by atoms with Crippen molar-refractivity contribution in [1.29, 1.82) is 0 Å². The maximum absolute atomic E-state index is 10.9. The second-order valence-corrected chi connectivity index (χ2v) is 4.72. The quantitative estimate of drug-likeness (QED) is 0.618. The van der Waals surface area contributed by atoms with E-state index < -0.39 is 6.75 Å². The van der Waals surface area contributed by atoms with Gasteiger partial charge in [0.25, 0.3) is 5.56 Å². The van der Waals surface area contributed by atoms with Crippen molar-refractivity contribution < 1.29 is 14.0 Å². The van der Waals surface area contributed by atoms with Gasteiger partial charge in [0.2, 0.25) is 0 Å². The summed E-state index contributed by atoms with van der Waals surface area (Å²) in [6, 6.07) is 0. The fourth-order valence-electron chi connectivity index (χ4n) is 2.00. The Hall–Kier alpha value is -1.18. The maximum Gasteiger partial charge on any atom is 0.429 e. The molecule has 0 spiro atoms. The zero-order valence-corrected chi connectivity index (χ0v) is 8.93. The molecule has 1 N–H and O–H groups in total. The molecule has 7 heteroatoms. The lowest BCUT2D eigenvalue weighted by Gasteiger charge is -2.57. The molecule has 3 fully saturated rings. The van der Waals surface area contributed by atoms with Crippen LogP contribution >= 0.6 is 0 Å². The summed E-state index contributed by atoms with van der Waals surface area (Å²) in [5.74, 6) is 0. The van der Waals surface area contributed by atoms with E-state index in [1.165, 1.54) is 12.4 Å². The zero-order valence-electron chi connectivity index (χ0n) is 8.93. The van der Waals surface area contributed by atoms with Gasteiger partial charge in [-0.1, -0.05) is 6.92 Å². The third kappa shape index (κ3) is 1.40. The molecule has 6 nitrogen and oxygen atoms in total. The van der Waals surface area contributed by atoms with Crippen LogP contribution in [0.1, 0.15) is 6.92 Å². The number of fused-ring (bicyclic) bond motifs is 3. The minimum atomic E-state index is -1.95. The molecule has 0 unspecified atom stereocenters.